The third kappa shape index (κ3) is 4.83. The molecular weight excluding hydrogens is 241 g/mol. The van der Waals surface area contributed by atoms with Gasteiger partial charge in [0.05, 0.1) is 6.10 Å². The number of hydrogen-bond acceptors (Lipinski definition) is 2. The van der Waals surface area contributed by atoms with Crippen molar-refractivity contribution in [2.45, 2.75) is 53.2 Å². The van der Waals surface area contributed by atoms with Gasteiger partial charge < -0.3 is 10.1 Å². The molecule has 0 spiro atoms. The third-order valence-corrected chi connectivity index (χ3v) is 3.09. The van der Waals surface area contributed by atoms with Crippen molar-refractivity contribution in [1.29, 1.82) is 0 Å². The summed E-state index contributed by atoms with van der Waals surface area (Å²) in [6, 6.07) is 4.99. The highest BCUT2D eigenvalue weighted by atomic mass is 19.1. The average Bonchev–Trinajstić information content (AvgIpc) is 2.27. The summed E-state index contributed by atoms with van der Waals surface area (Å²) in [6.45, 7) is 11.1. The Kier molecular flexibility index (Phi) is 6.29. The van der Waals surface area contributed by atoms with Gasteiger partial charge in [-0.15, -0.1) is 0 Å². The van der Waals surface area contributed by atoms with Gasteiger partial charge >= 0.3 is 0 Å². The second-order valence-electron chi connectivity index (χ2n) is 5.49. The largest absolute Gasteiger partial charge is 0.490 e. The van der Waals surface area contributed by atoms with E-state index in [0.717, 1.165) is 13.0 Å². The molecule has 1 rings (SSSR count). The molecule has 2 atom stereocenters. The fraction of sp³-hybridized carbons (Fsp3) is 0.625. The lowest BCUT2D eigenvalue weighted by Gasteiger charge is -2.22. The van der Waals surface area contributed by atoms with Crippen LogP contribution >= 0.6 is 0 Å². The maximum absolute atomic E-state index is 14.0. The molecule has 0 fully saturated rings. The number of nitrogens with one attached hydrogen (secondary N) is 1. The van der Waals surface area contributed by atoms with Crippen LogP contribution in [0.2, 0.25) is 0 Å². The summed E-state index contributed by atoms with van der Waals surface area (Å²) in [4.78, 5) is 0. The van der Waals surface area contributed by atoms with Gasteiger partial charge in [-0.25, -0.2) is 4.39 Å². The van der Waals surface area contributed by atoms with Gasteiger partial charge in [-0.3, -0.25) is 0 Å². The second kappa shape index (κ2) is 7.49. The molecule has 2 nitrogen and oxygen atoms in total. The van der Waals surface area contributed by atoms with Crippen LogP contribution in [0.4, 0.5) is 4.39 Å². The van der Waals surface area contributed by atoms with Crippen molar-refractivity contribution in [3.63, 3.8) is 0 Å². The van der Waals surface area contributed by atoms with Gasteiger partial charge in [-0.1, -0.05) is 26.8 Å². The molecule has 0 saturated carbocycles. The Hall–Kier alpha value is -1.09. The highest BCUT2D eigenvalue weighted by Crippen LogP contribution is 2.29. The van der Waals surface area contributed by atoms with E-state index in [-0.39, 0.29) is 18.0 Å². The van der Waals surface area contributed by atoms with E-state index in [4.69, 9.17) is 4.74 Å². The Bertz CT molecular complexity index is 392. The minimum absolute atomic E-state index is 0.0487. The lowest BCUT2D eigenvalue weighted by molar-refractivity contribution is 0.189. The molecule has 0 aliphatic rings. The normalized spacial score (nSPS) is 14.5. The van der Waals surface area contributed by atoms with Crippen LogP contribution in [0.15, 0.2) is 18.2 Å². The molecule has 1 N–H and O–H groups in total. The van der Waals surface area contributed by atoms with E-state index in [1.54, 1.807) is 6.07 Å². The minimum Gasteiger partial charge on any atom is -0.490 e. The predicted octanol–water partition coefficient (Wildman–Crippen LogP) is 4.31. The zero-order valence-electron chi connectivity index (χ0n) is 12.7. The second-order valence-corrected chi connectivity index (χ2v) is 5.49. The van der Waals surface area contributed by atoms with Crippen molar-refractivity contribution < 1.29 is 9.13 Å². The van der Waals surface area contributed by atoms with Gasteiger partial charge in [0.25, 0.3) is 0 Å². The van der Waals surface area contributed by atoms with Crippen LogP contribution in [0.5, 0.6) is 5.75 Å². The van der Waals surface area contributed by atoms with Crippen LogP contribution in [-0.4, -0.2) is 12.6 Å². The standard InChI is InChI=1S/C16H26FNO/c1-6-18-13(5)16-14(17)8-7-9-15(16)19-12(4)10-11(2)3/h7-9,11-13,18H,6,10H2,1-5H3. The van der Waals surface area contributed by atoms with Gasteiger partial charge in [-0.05, 0) is 44.9 Å². The molecule has 0 bridgehead atoms. The highest BCUT2D eigenvalue weighted by Gasteiger charge is 2.18. The fourth-order valence-corrected chi connectivity index (χ4v) is 2.38. The van der Waals surface area contributed by atoms with Gasteiger partial charge in [0.1, 0.15) is 11.6 Å². The van der Waals surface area contributed by atoms with Gasteiger partial charge in [0, 0.05) is 11.6 Å². The first-order valence-corrected chi connectivity index (χ1v) is 7.14. The van der Waals surface area contributed by atoms with E-state index in [1.807, 2.05) is 26.8 Å². The molecule has 0 saturated heterocycles. The summed E-state index contributed by atoms with van der Waals surface area (Å²) >= 11 is 0. The Morgan fingerprint density at radius 3 is 2.47 bits per heavy atom. The van der Waals surface area contributed by atoms with E-state index in [2.05, 4.69) is 19.2 Å². The zero-order valence-corrected chi connectivity index (χ0v) is 12.7. The number of hydrogen-bond donors (Lipinski definition) is 1. The average molecular weight is 267 g/mol. The molecule has 0 amide bonds. The minimum atomic E-state index is -0.206. The van der Waals surface area contributed by atoms with E-state index < -0.39 is 0 Å². The van der Waals surface area contributed by atoms with E-state index in [1.165, 1.54) is 6.07 Å². The van der Waals surface area contributed by atoms with Crippen molar-refractivity contribution in [2.75, 3.05) is 6.54 Å². The Morgan fingerprint density at radius 2 is 1.89 bits per heavy atom. The third-order valence-electron chi connectivity index (χ3n) is 3.09. The molecule has 108 valence electrons. The molecule has 0 heterocycles. The highest BCUT2D eigenvalue weighted by molar-refractivity contribution is 5.37. The molecule has 0 aromatic heterocycles. The molecule has 19 heavy (non-hydrogen) atoms. The first-order chi connectivity index (χ1) is 8.95. The molecule has 3 heteroatoms. The number of halogens is 1. The van der Waals surface area contributed by atoms with E-state index >= 15 is 0 Å². The summed E-state index contributed by atoms with van der Waals surface area (Å²) < 4.78 is 19.9. The quantitative estimate of drug-likeness (QED) is 0.795. The van der Waals surface area contributed by atoms with Crippen LogP contribution in [0.3, 0.4) is 0 Å². The zero-order chi connectivity index (χ0) is 14.4. The van der Waals surface area contributed by atoms with Crippen molar-refractivity contribution >= 4 is 0 Å². The van der Waals surface area contributed by atoms with Crippen LogP contribution in [0.25, 0.3) is 0 Å². The van der Waals surface area contributed by atoms with Crippen molar-refractivity contribution in [3.8, 4) is 5.75 Å². The monoisotopic (exact) mass is 267 g/mol. The summed E-state index contributed by atoms with van der Waals surface area (Å²) in [7, 11) is 0. The first-order valence-electron chi connectivity index (χ1n) is 7.14. The Labute approximate surface area is 116 Å². The molecule has 0 aliphatic heterocycles. The summed E-state index contributed by atoms with van der Waals surface area (Å²) in [5, 5.41) is 3.24. The Morgan fingerprint density at radius 1 is 1.21 bits per heavy atom. The lowest BCUT2D eigenvalue weighted by atomic mass is 10.0. The molecule has 0 aliphatic carbocycles. The smallest absolute Gasteiger partial charge is 0.131 e. The Balaban J connectivity index is 2.90. The number of ether oxygens (including phenoxy) is 1. The summed E-state index contributed by atoms with van der Waals surface area (Å²) in [5.41, 5.74) is 0.625. The topological polar surface area (TPSA) is 21.3 Å². The van der Waals surface area contributed by atoms with Gasteiger partial charge in [-0.2, -0.15) is 0 Å². The first kappa shape index (κ1) is 16.0. The lowest BCUT2D eigenvalue weighted by Crippen LogP contribution is -2.22. The van der Waals surface area contributed by atoms with Crippen LogP contribution in [-0.2, 0) is 0 Å². The molecule has 1 aromatic rings. The van der Waals surface area contributed by atoms with Gasteiger partial charge in [0.15, 0.2) is 0 Å². The van der Waals surface area contributed by atoms with E-state index in [9.17, 15) is 4.39 Å². The van der Waals surface area contributed by atoms with Crippen LogP contribution < -0.4 is 10.1 Å². The molecule has 1 aromatic carbocycles. The number of benzene rings is 1. The summed E-state index contributed by atoms with van der Waals surface area (Å²) in [6.07, 6.45) is 1.06. The summed E-state index contributed by atoms with van der Waals surface area (Å²) in [5.74, 6) is 1.02. The van der Waals surface area contributed by atoms with Crippen molar-refractivity contribution in [3.05, 3.63) is 29.6 Å². The van der Waals surface area contributed by atoms with Crippen LogP contribution in [0, 0.1) is 11.7 Å². The maximum Gasteiger partial charge on any atom is 0.131 e. The molecule has 2 unspecified atom stereocenters. The van der Waals surface area contributed by atoms with Crippen molar-refractivity contribution in [1.82, 2.24) is 5.32 Å². The fourth-order valence-electron chi connectivity index (χ4n) is 2.38. The predicted molar refractivity (Wildman–Crippen MR) is 78.0 cm³/mol. The van der Waals surface area contributed by atoms with Crippen LogP contribution in [0.1, 0.15) is 52.6 Å². The van der Waals surface area contributed by atoms with Gasteiger partial charge in [0.2, 0.25) is 0 Å². The number of rotatable bonds is 7. The maximum atomic E-state index is 14.0. The van der Waals surface area contributed by atoms with Crippen molar-refractivity contribution in [2.24, 2.45) is 5.92 Å². The SMILES string of the molecule is CCNC(C)c1c(F)cccc1OC(C)CC(C)C. The molecule has 0 radical (unpaired) electrons. The van der Waals surface area contributed by atoms with E-state index in [0.29, 0.717) is 17.2 Å². The molecular formula is C16H26FNO.